The number of aliphatic imine (C=N–C) groups is 1. The van der Waals surface area contributed by atoms with Crippen LogP contribution in [0.15, 0.2) is 82.7 Å². The van der Waals surface area contributed by atoms with Crippen molar-refractivity contribution in [2.45, 2.75) is 33.4 Å². The number of hydrogen-bond acceptors (Lipinski definition) is 4. The van der Waals surface area contributed by atoms with Crippen molar-refractivity contribution in [3.05, 3.63) is 83.3 Å². The van der Waals surface area contributed by atoms with Crippen molar-refractivity contribution >= 4 is 62.4 Å². The Morgan fingerprint density at radius 2 is 1.69 bits per heavy atom. The second kappa shape index (κ2) is 9.66. The number of carbonyl (C=O) groups excluding carboxylic acids is 1. The fraction of sp³-hybridized carbons (Fsp3) is 0.207. The van der Waals surface area contributed by atoms with Crippen LogP contribution in [0.5, 0.6) is 0 Å². The quantitative estimate of drug-likeness (QED) is 0.308. The lowest BCUT2D eigenvalue weighted by Crippen LogP contribution is -2.47. The third-order valence-corrected chi connectivity index (χ3v) is 7.37. The Bertz CT molecular complexity index is 1540. The van der Waals surface area contributed by atoms with Gasteiger partial charge in [-0.05, 0) is 66.6 Å². The molecule has 4 aromatic rings. The third kappa shape index (κ3) is 4.20. The second-order valence-corrected chi connectivity index (χ2v) is 10.1. The molecule has 0 radical (unpaired) electrons. The summed E-state index contributed by atoms with van der Waals surface area (Å²) in [7, 11) is 0. The van der Waals surface area contributed by atoms with Crippen LogP contribution in [0.4, 0.5) is 5.69 Å². The summed E-state index contributed by atoms with van der Waals surface area (Å²) < 4.78 is 2.28. The van der Waals surface area contributed by atoms with Crippen LogP contribution in [0.1, 0.15) is 26.3 Å². The molecule has 1 aliphatic rings. The zero-order chi connectivity index (χ0) is 25.4. The van der Waals surface area contributed by atoms with Crippen LogP contribution in [0.3, 0.4) is 0 Å². The van der Waals surface area contributed by atoms with Gasteiger partial charge in [-0.3, -0.25) is 9.69 Å². The van der Waals surface area contributed by atoms with Crippen molar-refractivity contribution in [3.8, 4) is 0 Å². The van der Waals surface area contributed by atoms with Crippen LogP contribution in [-0.4, -0.2) is 37.7 Å². The van der Waals surface area contributed by atoms with Gasteiger partial charge in [0.1, 0.15) is 6.04 Å². The largest absolute Gasteiger partial charge is 0.480 e. The van der Waals surface area contributed by atoms with Gasteiger partial charge in [0, 0.05) is 28.4 Å². The Morgan fingerprint density at radius 1 is 1.00 bits per heavy atom. The number of fused-ring (bicyclic) bond motifs is 3. The summed E-state index contributed by atoms with van der Waals surface area (Å²) in [4.78, 5) is 32.2. The molecule has 1 fully saturated rings. The molecule has 5 rings (SSSR count). The number of carbonyl (C=O) groups is 2. The number of carboxylic acid groups (broad SMARTS) is 1. The van der Waals surface area contributed by atoms with E-state index in [1.54, 1.807) is 13.8 Å². The van der Waals surface area contributed by atoms with E-state index in [9.17, 15) is 14.7 Å². The normalized spacial score (nSPS) is 17.2. The van der Waals surface area contributed by atoms with E-state index in [-0.39, 0.29) is 11.8 Å². The zero-order valence-corrected chi connectivity index (χ0v) is 21.2. The van der Waals surface area contributed by atoms with Crippen molar-refractivity contribution in [2.24, 2.45) is 10.9 Å². The number of amides is 1. The van der Waals surface area contributed by atoms with Crippen molar-refractivity contribution < 1.29 is 14.7 Å². The first-order valence-corrected chi connectivity index (χ1v) is 12.8. The maximum Gasteiger partial charge on any atom is 0.327 e. The smallest absolute Gasteiger partial charge is 0.327 e. The van der Waals surface area contributed by atoms with Crippen LogP contribution in [0.2, 0.25) is 0 Å². The molecule has 3 aromatic carbocycles. The monoisotopic (exact) mass is 497 g/mol. The van der Waals surface area contributed by atoms with Gasteiger partial charge in [-0.15, -0.1) is 0 Å². The van der Waals surface area contributed by atoms with E-state index in [2.05, 4.69) is 40.7 Å². The number of aliphatic carboxylic acids is 1. The minimum atomic E-state index is -1.05. The van der Waals surface area contributed by atoms with Crippen molar-refractivity contribution in [2.75, 3.05) is 0 Å². The minimum Gasteiger partial charge on any atom is -0.480 e. The summed E-state index contributed by atoms with van der Waals surface area (Å²) in [6.07, 6.45) is 1.84. The van der Waals surface area contributed by atoms with Gasteiger partial charge in [-0.1, -0.05) is 56.3 Å². The molecule has 0 aliphatic carbocycles. The maximum absolute atomic E-state index is 13.6. The van der Waals surface area contributed by atoms with Gasteiger partial charge < -0.3 is 9.67 Å². The number of carboxylic acids is 1. The number of para-hydroxylation sites is 2. The molecule has 1 N–H and O–H groups in total. The van der Waals surface area contributed by atoms with E-state index in [0.717, 1.165) is 23.0 Å². The number of thioether (sulfide) groups is 1. The summed E-state index contributed by atoms with van der Waals surface area (Å²) in [5.74, 6) is -1.68. The maximum atomic E-state index is 13.6. The van der Waals surface area contributed by atoms with Gasteiger partial charge in [0.15, 0.2) is 5.17 Å². The second-order valence-electron chi connectivity index (χ2n) is 9.08. The molecular formula is C29H27N3O3S. The van der Waals surface area contributed by atoms with E-state index < -0.39 is 12.0 Å². The van der Waals surface area contributed by atoms with Gasteiger partial charge in [-0.25, -0.2) is 9.79 Å². The van der Waals surface area contributed by atoms with E-state index in [0.29, 0.717) is 15.8 Å². The van der Waals surface area contributed by atoms with E-state index in [1.807, 2.05) is 54.6 Å². The van der Waals surface area contributed by atoms with Gasteiger partial charge in [0.2, 0.25) is 0 Å². The van der Waals surface area contributed by atoms with Gasteiger partial charge in [0.05, 0.1) is 10.6 Å². The van der Waals surface area contributed by atoms with Crippen molar-refractivity contribution in [3.63, 3.8) is 0 Å². The molecular weight excluding hydrogens is 470 g/mol. The summed E-state index contributed by atoms with van der Waals surface area (Å²) in [6.45, 7) is 6.59. The number of hydrogen-bond donors (Lipinski definition) is 1. The van der Waals surface area contributed by atoms with Crippen LogP contribution in [0, 0.1) is 5.92 Å². The predicted octanol–water partition coefficient (Wildman–Crippen LogP) is 6.53. The molecule has 1 aromatic heterocycles. The van der Waals surface area contributed by atoms with Gasteiger partial charge in [0.25, 0.3) is 5.91 Å². The van der Waals surface area contributed by atoms with Crippen LogP contribution >= 0.6 is 11.8 Å². The highest BCUT2D eigenvalue weighted by molar-refractivity contribution is 8.18. The summed E-state index contributed by atoms with van der Waals surface area (Å²) in [5.41, 5.74) is 3.87. The molecule has 1 saturated heterocycles. The molecule has 1 amide bonds. The summed E-state index contributed by atoms with van der Waals surface area (Å²) in [5, 5.41) is 12.6. The molecule has 1 unspecified atom stereocenters. The lowest BCUT2D eigenvalue weighted by Gasteiger charge is -2.26. The van der Waals surface area contributed by atoms with Crippen molar-refractivity contribution in [1.82, 2.24) is 9.47 Å². The Kier molecular flexibility index (Phi) is 6.41. The number of amidine groups is 1. The summed E-state index contributed by atoms with van der Waals surface area (Å²) >= 11 is 1.22. The standard InChI is InChI=1S/C29H27N3O3S/c1-4-31-23-13-9-8-12-21(23)22-16-19(14-15-24(22)31)17-25-27(33)32(26(18(2)3)28(34)35)29(36-25)30-20-10-6-5-7-11-20/h5-18,26H,4H2,1-3H3,(H,34,35)/b25-17-,30-29?. The van der Waals surface area contributed by atoms with Crippen LogP contribution in [-0.2, 0) is 16.1 Å². The minimum absolute atomic E-state index is 0.288. The molecule has 0 saturated carbocycles. The van der Waals surface area contributed by atoms with Crippen LogP contribution in [0.25, 0.3) is 27.9 Å². The number of benzene rings is 3. The fourth-order valence-electron chi connectivity index (χ4n) is 4.77. The van der Waals surface area contributed by atoms with Gasteiger partial charge in [-0.2, -0.15) is 0 Å². The Balaban J connectivity index is 1.61. The molecule has 1 aliphatic heterocycles. The molecule has 0 spiro atoms. The first kappa shape index (κ1) is 23.9. The van der Waals surface area contributed by atoms with Gasteiger partial charge >= 0.3 is 5.97 Å². The number of aryl methyl sites for hydroxylation is 1. The lowest BCUT2D eigenvalue weighted by atomic mass is 10.0. The number of rotatable bonds is 6. The highest BCUT2D eigenvalue weighted by Crippen LogP contribution is 2.38. The zero-order valence-electron chi connectivity index (χ0n) is 20.4. The molecule has 182 valence electrons. The van der Waals surface area contributed by atoms with E-state index >= 15 is 0 Å². The lowest BCUT2D eigenvalue weighted by molar-refractivity contribution is -0.146. The molecule has 0 bridgehead atoms. The Morgan fingerprint density at radius 3 is 2.39 bits per heavy atom. The first-order valence-electron chi connectivity index (χ1n) is 12.0. The topological polar surface area (TPSA) is 74.9 Å². The Hall–Kier alpha value is -3.84. The highest BCUT2D eigenvalue weighted by atomic mass is 32.2. The molecule has 6 nitrogen and oxygen atoms in total. The van der Waals surface area contributed by atoms with Crippen LogP contribution < -0.4 is 0 Å². The Labute approximate surface area is 213 Å². The number of aromatic nitrogens is 1. The van der Waals surface area contributed by atoms with E-state index in [1.165, 1.54) is 27.6 Å². The SMILES string of the molecule is CCn1c2ccccc2c2cc(/C=C3\SC(=Nc4ccccc4)N(C(C(=O)O)C(C)C)C3=O)ccc21. The first-order chi connectivity index (χ1) is 17.4. The highest BCUT2D eigenvalue weighted by Gasteiger charge is 2.43. The molecule has 7 heteroatoms. The fourth-order valence-corrected chi connectivity index (χ4v) is 5.79. The molecule has 1 atom stereocenters. The van der Waals surface area contributed by atoms with Crippen molar-refractivity contribution in [1.29, 1.82) is 0 Å². The average Bonchev–Trinajstić information content (AvgIpc) is 3.33. The molecule has 36 heavy (non-hydrogen) atoms. The third-order valence-electron chi connectivity index (χ3n) is 6.39. The number of nitrogens with zero attached hydrogens (tertiary/aromatic N) is 3. The summed E-state index contributed by atoms with van der Waals surface area (Å²) in [6, 6.07) is 22.8. The van der Waals surface area contributed by atoms with E-state index in [4.69, 9.17) is 0 Å². The average molecular weight is 498 g/mol. The molecule has 2 heterocycles. The predicted molar refractivity (Wildman–Crippen MR) is 147 cm³/mol.